The number of halogens is 2. The molecule has 0 unspecified atom stereocenters. The number of nitrogen functional groups attached to an aromatic ring is 1. The van der Waals surface area contributed by atoms with Crippen molar-refractivity contribution in [2.45, 2.75) is 0 Å². The summed E-state index contributed by atoms with van der Waals surface area (Å²) in [6.45, 7) is 0. The van der Waals surface area contributed by atoms with Gasteiger partial charge in [0.15, 0.2) is 0 Å². The molecular weight excluding hydrogens is 251 g/mol. The Morgan fingerprint density at radius 2 is 2.21 bits per heavy atom. The Hall–Kier alpha value is -1.43. The summed E-state index contributed by atoms with van der Waals surface area (Å²) in [6, 6.07) is 4.45. The first-order valence-corrected chi connectivity index (χ1v) is 4.58. The van der Waals surface area contributed by atoms with E-state index in [9.17, 15) is 4.39 Å². The molecule has 0 aliphatic carbocycles. The van der Waals surface area contributed by atoms with Crippen molar-refractivity contribution in [3.63, 3.8) is 0 Å². The smallest absolute Gasteiger partial charge is 0.217 e. The van der Waals surface area contributed by atoms with Gasteiger partial charge in [0.25, 0.3) is 0 Å². The molecule has 0 fully saturated rings. The molecular formula is C8H6BrFN4. The fourth-order valence-electron chi connectivity index (χ4n) is 1.03. The zero-order chi connectivity index (χ0) is 10.1. The van der Waals surface area contributed by atoms with E-state index in [0.717, 1.165) is 0 Å². The maximum Gasteiger partial charge on any atom is 0.217 e. The third-order valence-electron chi connectivity index (χ3n) is 1.71. The van der Waals surface area contributed by atoms with Crippen molar-refractivity contribution < 1.29 is 4.39 Å². The molecule has 2 N–H and O–H groups in total. The lowest BCUT2D eigenvalue weighted by atomic mass is 10.3. The van der Waals surface area contributed by atoms with Gasteiger partial charge in [-0.25, -0.2) is 14.1 Å². The van der Waals surface area contributed by atoms with Crippen LogP contribution in [-0.4, -0.2) is 14.8 Å². The van der Waals surface area contributed by atoms with Gasteiger partial charge in [0, 0.05) is 6.07 Å². The van der Waals surface area contributed by atoms with Gasteiger partial charge in [-0.2, -0.15) is 0 Å². The van der Waals surface area contributed by atoms with Gasteiger partial charge in [0.2, 0.25) is 4.73 Å². The number of anilines is 1. The van der Waals surface area contributed by atoms with Gasteiger partial charge in [-0.15, -0.1) is 5.10 Å². The van der Waals surface area contributed by atoms with Crippen LogP contribution in [0.15, 0.2) is 29.3 Å². The Labute approximate surface area is 87.7 Å². The van der Waals surface area contributed by atoms with Crippen LogP contribution in [0, 0.1) is 5.82 Å². The number of hydrogen-bond acceptors (Lipinski definition) is 3. The quantitative estimate of drug-likeness (QED) is 0.792. The number of aromatic nitrogens is 3. The van der Waals surface area contributed by atoms with Gasteiger partial charge in [0.05, 0.1) is 11.4 Å². The lowest BCUT2D eigenvalue weighted by Gasteiger charge is -2.01. The molecule has 72 valence electrons. The van der Waals surface area contributed by atoms with E-state index in [1.807, 2.05) is 0 Å². The van der Waals surface area contributed by atoms with Gasteiger partial charge in [-0.3, -0.25) is 0 Å². The largest absolute Gasteiger partial charge is 0.396 e. The highest BCUT2D eigenvalue weighted by molar-refractivity contribution is 9.10. The number of rotatable bonds is 1. The molecule has 1 heterocycles. The molecule has 6 heteroatoms. The number of nitrogens with zero attached hydrogens (tertiary/aromatic N) is 3. The van der Waals surface area contributed by atoms with Gasteiger partial charge in [-0.05, 0) is 28.1 Å². The van der Waals surface area contributed by atoms with Crippen molar-refractivity contribution in [1.82, 2.24) is 14.8 Å². The molecule has 0 radical (unpaired) electrons. The van der Waals surface area contributed by atoms with Crippen LogP contribution in [-0.2, 0) is 0 Å². The molecule has 2 rings (SSSR count). The van der Waals surface area contributed by atoms with Crippen molar-refractivity contribution in [3.8, 4) is 5.69 Å². The van der Waals surface area contributed by atoms with Crippen LogP contribution in [0.1, 0.15) is 0 Å². The molecule has 1 aromatic heterocycles. The van der Waals surface area contributed by atoms with Crippen molar-refractivity contribution in [3.05, 3.63) is 35.1 Å². The number of hydrogen-bond donors (Lipinski definition) is 1. The van der Waals surface area contributed by atoms with E-state index in [-0.39, 0.29) is 5.69 Å². The molecule has 0 bridgehead atoms. The summed E-state index contributed by atoms with van der Waals surface area (Å²) in [5.74, 6) is -0.464. The molecule has 4 nitrogen and oxygen atoms in total. The molecule has 14 heavy (non-hydrogen) atoms. The van der Waals surface area contributed by atoms with Crippen molar-refractivity contribution in [2.75, 3.05) is 5.73 Å². The second kappa shape index (κ2) is 3.38. The fourth-order valence-corrected chi connectivity index (χ4v) is 1.29. The Morgan fingerprint density at radius 1 is 1.43 bits per heavy atom. The molecule has 2 aromatic rings. The third-order valence-corrected chi connectivity index (χ3v) is 2.08. The summed E-state index contributed by atoms with van der Waals surface area (Å²) in [7, 11) is 0. The lowest BCUT2D eigenvalue weighted by Crippen LogP contribution is -1.97. The van der Waals surface area contributed by atoms with E-state index >= 15 is 0 Å². The second-order valence-electron chi connectivity index (χ2n) is 2.66. The van der Waals surface area contributed by atoms with E-state index in [4.69, 9.17) is 5.73 Å². The molecule has 0 atom stereocenters. The molecule has 0 saturated heterocycles. The topological polar surface area (TPSA) is 56.7 Å². The zero-order valence-electron chi connectivity index (χ0n) is 6.98. The van der Waals surface area contributed by atoms with Gasteiger partial charge >= 0.3 is 0 Å². The Morgan fingerprint density at radius 3 is 2.79 bits per heavy atom. The predicted octanol–water partition coefficient (Wildman–Crippen LogP) is 1.75. The van der Waals surface area contributed by atoms with Gasteiger partial charge < -0.3 is 5.73 Å². The average molecular weight is 257 g/mol. The minimum Gasteiger partial charge on any atom is -0.396 e. The first-order chi connectivity index (χ1) is 6.66. The Bertz CT molecular complexity index is 468. The van der Waals surface area contributed by atoms with Crippen LogP contribution >= 0.6 is 15.9 Å². The molecule has 0 amide bonds. The van der Waals surface area contributed by atoms with Crippen LogP contribution in [0.2, 0.25) is 0 Å². The first-order valence-electron chi connectivity index (χ1n) is 3.79. The first kappa shape index (κ1) is 9.14. The van der Waals surface area contributed by atoms with Crippen molar-refractivity contribution in [2.24, 2.45) is 0 Å². The predicted molar refractivity (Wildman–Crippen MR) is 53.4 cm³/mol. The molecule has 0 saturated carbocycles. The fraction of sp³-hybridized carbons (Fsp3) is 0. The molecule has 0 aliphatic heterocycles. The third kappa shape index (κ3) is 1.60. The van der Waals surface area contributed by atoms with E-state index < -0.39 is 5.82 Å². The SMILES string of the molecule is Nc1ccc(-n2cnc(Br)n2)cc1F. The van der Waals surface area contributed by atoms with Crippen LogP contribution in [0.4, 0.5) is 10.1 Å². The Kier molecular flexibility index (Phi) is 2.20. The van der Waals surface area contributed by atoms with E-state index in [2.05, 4.69) is 26.0 Å². The second-order valence-corrected chi connectivity index (χ2v) is 3.37. The summed E-state index contributed by atoms with van der Waals surface area (Å²) in [5, 5.41) is 3.97. The standard InChI is InChI=1S/C8H6BrFN4/c9-8-12-4-14(13-8)5-1-2-7(11)6(10)3-5/h1-4H,11H2. The monoisotopic (exact) mass is 256 g/mol. The maximum atomic E-state index is 13.1. The molecule has 0 spiro atoms. The van der Waals surface area contributed by atoms with Crippen LogP contribution in [0.5, 0.6) is 0 Å². The van der Waals surface area contributed by atoms with Gasteiger partial charge in [-0.1, -0.05) is 0 Å². The minimum atomic E-state index is -0.464. The summed E-state index contributed by atoms with van der Waals surface area (Å²) < 4.78 is 15.0. The minimum absolute atomic E-state index is 0.118. The van der Waals surface area contributed by atoms with E-state index in [0.29, 0.717) is 10.4 Å². The molecule has 0 aliphatic rings. The summed E-state index contributed by atoms with van der Waals surface area (Å²) in [4.78, 5) is 3.86. The Balaban J connectivity index is 2.47. The van der Waals surface area contributed by atoms with Crippen LogP contribution < -0.4 is 5.73 Å². The molecule has 1 aromatic carbocycles. The lowest BCUT2D eigenvalue weighted by molar-refractivity contribution is 0.630. The highest BCUT2D eigenvalue weighted by Gasteiger charge is 2.03. The van der Waals surface area contributed by atoms with E-state index in [1.165, 1.54) is 23.1 Å². The normalized spacial score (nSPS) is 10.4. The summed E-state index contributed by atoms with van der Waals surface area (Å²) >= 11 is 3.10. The highest BCUT2D eigenvalue weighted by atomic mass is 79.9. The zero-order valence-corrected chi connectivity index (χ0v) is 8.57. The van der Waals surface area contributed by atoms with Gasteiger partial charge in [0.1, 0.15) is 12.1 Å². The maximum absolute atomic E-state index is 13.1. The summed E-state index contributed by atoms with van der Waals surface area (Å²) in [6.07, 6.45) is 1.48. The number of benzene rings is 1. The summed E-state index contributed by atoms with van der Waals surface area (Å²) in [5.41, 5.74) is 6.04. The van der Waals surface area contributed by atoms with E-state index in [1.54, 1.807) is 6.07 Å². The average Bonchev–Trinajstić information content (AvgIpc) is 2.57. The van der Waals surface area contributed by atoms with Crippen molar-refractivity contribution in [1.29, 1.82) is 0 Å². The van der Waals surface area contributed by atoms with Crippen LogP contribution in [0.3, 0.4) is 0 Å². The highest BCUT2D eigenvalue weighted by Crippen LogP contribution is 2.15. The van der Waals surface area contributed by atoms with Crippen molar-refractivity contribution >= 4 is 21.6 Å². The number of nitrogens with two attached hydrogens (primary N) is 1. The van der Waals surface area contributed by atoms with Crippen LogP contribution in [0.25, 0.3) is 5.69 Å².